The van der Waals surface area contributed by atoms with Crippen LogP contribution in [0.2, 0.25) is 0 Å². The van der Waals surface area contributed by atoms with E-state index in [1.54, 1.807) is 0 Å². The predicted molar refractivity (Wildman–Crippen MR) is 121 cm³/mol. The fraction of sp³-hybridized carbons (Fsp3) is 0.292. The summed E-state index contributed by atoms with van der Waals surface area (Å²) >= 11 is 0. The number of benzene rings is 2. The number of carbonyl (C=O) groups excluding carboxylic acids is 2. The number of carbonyl (C=O) groups is 2. The minimum Gasteiger partial charge on any atom is -0.335 e. The lowest BCUT2D eigenvalue weighted by molar-refractivity contribution is -0.119. The highest BCUT2D eigenvalue weighted by molar-refractivity contribution is 5.98. The molecule has 1 saturated heterocycles. The van der Waals surface area contributed by atoms with E-state index in [1.807, 2.05) is 48.0 Å². The van der Waals surface area contributed by atoms with E-state index in [2.05, 4.69) is 46.9 Å². The van der Waals surface area contributed by atoms with Gasteiger partial charge >= 0.3 is 6.03 Å². The zero-order chi connectivity index (χ0) is 21.8. The van der Waals surface area contributed by atoms with Gasteiger partial charge in [0.1, 0.15) is 6.04 Å². The zero-order valence-electron chi connectivity index (χ0n) is 17.8. The van der Waals surface area contributed by atoms with Crippen molar-refractivity contribution in [2.24, 2.45) is 0 Å². The number of para-hydroxylation sites is 1. The molecule has 1 aliphatic heterocycles. The molecule has 0 radical (unpaired) electrons. The summed E-state index contributed by atoms with van der Waals surface area (Å²) in [7, 11) is 0. The van der Waals surface area contributed by atoms with E-state index >= 15 is 0 Å². The third-order valence-electron chi connectivity index (χ3n) is 5.45. The second-order valence-corrected chi connectivity index (χ2v) is 7.59. The van der Waals surface area contributed by atoms with Gasteiger partial charge in [-0.15, -0.1) is 5.10 Å². The second-order valence-electron chi connectivity index (χ2n) is 7.59. The van der Waals surface area contributed by atoms with Crippen molar-refractivity contribution in [3.05, 3.63) is 66.2 Å². The van der Waals surface area contributed by atoms with Crippen LogP contribution < -0.4 is 10.6 Å². The number of amides is 3. The maximum Gasteiger partial charge on any atom is 0.318 e. The molecule has 4 rings (SSSR count). The molecule has 0 spiro atoms. The number of nitrogens with zero attached hydrogens (tertiary/aromatic N) is 3. The lowest BCUT2D eigenvalue weighted by atomic mass is 10.0. The van der Waals surface area contributed by atoms with Gasteiger partial charge in [-0.05, 0) is 37.1 Å². The van der Waals surface area contributed by atoms with Crippen LogP contribution in [0.25, 0.3) is 16.9 Å². The number of aromatic nitrogens is 2. The summed E-state index contributed by atoms with van der Waals surface area (Å²) in [6.07, 6.45) is 2.08. The van der Waals surface area contributed by atoms with Gasteiger partial charge in [0.15, 0.2) is 5.82 Å². The topological polar surface area (TPSA) is 79.3 Å². The molecule has 0 aliphatic carbocycles. The number of likely N-dealkylation sites (N-methyl/N-ethyl adjacent to an activating group) is 1. The van der Waals surface area contributed by atoms with Crippen LogP contribution in [-0.2, 0) is 11.2 Å². The van der Waals surface area contributed by atoms with E-state index in [4.69, 9.17) is 0 Å². The van der Waals surface area contributed by atoms with Gasteiger partial charge in [-0.1, -0.05) is 49.7 Å². The fourth-order valence-electron chi connectivity index (χ4n) is 3.93. The highest BCUT2D eigenvalue weighted by Gasteiger charge is 2.35. The molecule has 1 aromatic heterocycles. The quantitative estimate of drug-likeness (QED) is 0.613. The summed E-state index contributed by atoms with van der Waals surface area (Å²) in [4.78, 5) is 26.3. The highest BCUT2D eigenvalue weighted by Crippen LogP contribution is 2.27. The molecule has 7 nitrogen and oxygen atoms in total. The zero-order valence-corrected chi connectivity index (χ0v) is 17.8. The average Bonchev–Trinajstić information content (AvgIpc) is 3.38. The van der Waals surface area contributed by atoms with Gasteiger partial charge < -0.3 is 15.5 Å². The molecule has 0 unspecified atom stereocenters. The molecule has 1 fully saturated rings. The van der Waals surface area contributed by atoms with Crippen molar-refractivity contribution in [2.75, 3.05) is 18.4 Å². The van der Waals surface area contributed by atoms with Crippen LogP contribution in [0.4, 0.5) is 10.6 Å². The van der Waals surface area contributed by atoms with Gasteiger partial charge in [0, 0.05) is 24.7 Å². The standard InChI is InChI=1S/C24H27N5O2/c1-3-9-17-10-8-11-18(14-17)20-15-22(27-29(20)19-12-6-5-7-13-19)26-23(30)21-16-25-24(31)28(21)4-2/h5-8,10-15,21H,3-4,9,16H2,1-2H3,(H,25,31)(H,26,27,30)/t21-/m0/s1. The van der Waals surface area contributed by atoms with Crippen LogP contribution in [0.15, 0.2) is 60.7 Å². The lowest BCUT2D eigenvalue weighted by Crippen LogP contribution is -2.42. The number of aryl methyl sites for hydroxylation is 1. The molecule has 7 heteroatoms. The summed E-state index contributed by atoms with van der Waals surface area (Å²) in [5, 5.41) is 10.3. The van der Waals surface area contributed by atoms with Crippen molar-refractivity contribution in [2.45, 2.75) is 32.7 Å². The predicted octanol–water partition coefficient (Wildman–Crippen LogP) is 3.84. The molecule has 0 saturated carbocycles. The van der Waals surface area contributed by atoms with Gasteiger partial charge in [-0.25, -0.2) is 9.48 Å². The van der Waals surface area contributed by atoms with E-state index in [9.17, 15) is 9.59 Å². The van der Waals surface area contributed by atoms with Crippen LogP contribution in [0.5, 0.6) is 0 Å². The van der Waals surface area contributed by atoms with E-state index in [1.165, 1.54) is 10.5 Å². The second kappa shape index (κ2) is 9.04. The number of rotatable bonds is 7. The minimum absolute atomic E-state index is 0.217. The molecule has 1 atom stereocenters. The molecule has 0 bridgehead atoms. The first kappa shape index (κ1) is 20.7. The highest BCUT2D eigenvalue weighted by atomic mass is 16.2. The molecule has 2 heterocycles. The van der Waals surface area contributed by atoms with E-state index < -0.39 is 6.04 Å². The van der Waals surface area contributed by atoms with E-state index in [0.29, 0.717) is 18.9 Å². The first-order chi connectivity index (χ1) is 15.1. The molecule has 3 aromatic rings. The summed E-state index contributed by atoms with van der Waals surface area (Å²) in [5.74, 6) is 0.212. The molecule has 31 heavy (non-hydrogen) atoms. The van der Waals surface area contributed by atoms with Crippen molar-refractivity contribution in [3.8, 4) is 16.9 Å². The lowest BCUT2D eigenvalue weighted by Gasteiger charge is -2.19. The monoisotopic (exact) mass is 417 g/mol. The van der Waals surface area contributed by atoms with Crippen molar-refractivity contribution >= 4 is 17.8 Å². The average molecular weight is 418 g/mol. The summed E-state index contributed by atoms with van der Waals surface area (Å²) in [6, 6.07) is 19.4. The Labute approximate surface area is 182 Å². The van der Waals surface area contributed by atoms with Gasteiger partial charge in [-0.3, -0.25) is 4.79 Å². The van der Waals surface area contributed by atoms with Crippen LogP contribution >= 0.6 is 0 Å². The Bertz CT molecular complexity index is 1080. The molecule has 2 N–H and O–H groups in total. The summed E-state index contributed by atoms with van der Waals surface area (Å²) < 4.78 is 1.84. The Hall–Kier alpha value is -3.61. The summed E-state index contributed by atoms with van der Waals surface area (Å²) in [5.41, 5.74) is 4.11. The summed E-state index contributed by atoms with van der Waals surface area (Å²) in [6.45, 7) is 4.79. The number of hydrogen-bond donors (Lipinski definition) is 2. The maximum atomic E-state index is 12.9. The Morgan fingerprint density at radius 1 is 1.13 bits per heavy atom. The molecule has 1 aliphatic rings. The smallest absolute Gasteiger partial charge is 0.318 e. The van der Waals surface area contributed by atoms with E-state index in [-0.39, 0.29) is 11.9 Å². The first-order valence-corrected chi connectivity index (χ1v) is 10.7. The van der Waals surface area contributed by atoms with Gasteiger partial charge in [0.25, 0.3) is 0 Å². The molecular weight excluding hydrogens is 390 g/mol. The maximum absolute atomic E-state index is 12.9. The molecule has 2 aromatic carbocycles. The van der Waals surface area contributed by atoms with Gasteiger partial charge in [0.2, 0.25) is 5.91 Å². The molecule has 160 valence electrons. The third kappa shape index (κ3) is 4.30. The van der Waals surface area contributed by atoms with E-state index in [0.717, 1.165) is 29.8 Å². The molecule has 3 amide bonds. The number of nitrogens with one attached hydrogen (secondary N) is 2. The minimum atomic E-state index is -0.546. The largest absolute Gasteiger partial charge is 0.335 e. The Morgan fingerprint density at radius 2 is 1.94 bits per heavy atom. The molecular formula is C24H27N5O2. The number of urea groups is 1. The fourth-order valence-corrected chi connectivity index (χ4v) is 3.93. The van der Waals surface area contributed by atoms with Crippen LogP contribution in [0.3, 0.4) is 0 Å². The third-order valence-corrected chi connectivity index (χ3v) is 5.45. The normalized spacial score (nSPS) is 15.7. The van der Waals surface area contributed by atoms with Crippen molar-refractivity contribution in [1.82, 2.24) is 20.0 Å². The Kier molecular flexibility index (Phi) is 6.02. The van der Waals surface area contributed by atoms with Gasteiger partial charge in [0.05, 0.1) is 11.4 Å². The Balaban J connectivity index is 1.68. The number of anilines is 1. The van der Waals surface area contributed by atoms with Gasteiger partial charge in [-0.2, -0.15) is 0 Å². The van der Waals surface area contributed by atoms with Crippen LogP contribution in [0, 0.1) is 0 Å². The number of hydrogen-bond acceptors (Lipinski definition) is 3. The van der Waals surface area contributed by atoms with Crippen molar-refractivity contribution in [3.63, 3.8) is 0 Å². The SMILES string of the molecule is CCCc1cccc(-c2cc(NC(=O)[C@@H]3CNC(=O)N3CC)nn2-c2ccccc2)c1. The Morgan fingerprint density at radius 3 is 2.68 bits per heavy atom. The van der Waals surface area contributed by atoms with Crippen LogP contribution in [0.1, 0.15) is 25.8 Å². The van der Waals surface area contributed by atoms with Crippen molar-refractivity contribution < 1.29 is 9.59 Å². The first-order valence-electron chi connectivity index (χ1n) is 10.7. The van der Waals surface area contributed by atoms with Crippen LogP contribution in [-0.4, -0.2) is 45.8 Å². The van der Waals surface area contributed by atoms with Crippen molar-refractivity contribution in [1.29, 1.82) is 0 Å².